The number of pyridine rings is 2. The highest BCUT2D eigenvalue weighted by Crippen LogP contribution is 2.40. The van der Waals surface area contributed by atoms with Gasteiger partial charge in [-0.25, -0.2) is 0 Å². The van der Waals surface area contributed by atoms with Crippen molar-refractivity contribution in [1.82, 2.24) is 30.4 Å². The van der Waals surface area contributed by atoms with Gasteiger partial charge in [0.1, 0.15) is 11.5 Å². The van der Waals surface area contributed by atoms with Crippen LogP contribution in [0.25, 0.3) is 0 Å². The molecule has 1 aliphatic rings. The topological polar surface area (TPSA) is 154 Å². The van der Waals surface area contributed by atoms with E-state index in [1.807, 2.05) is 26.0 Å². The first-order valence-corrected chi connectivity index (χ1v) is 14.9. The van der Waals surface area contributed by atoms with E-state index in [9.17, 15) is 9.59 Å². The summed E-state index contributed by atoms with van der Waals surface area (Å²) in [7, 11) is 0. The van der Waals surface area contributed by atoms with Crippen molar-refractivity contribution in [1.29, 1.82) is 0 Å². The average Bonchev–Trinajstić information content (AvgIpc) is 3.04. The second kappa shape index (κ2) is 14.9. The fourth-order valence-corrected chi connectivity index (χ4v) is 5.22. The van der Waals surface area contributed by atoms with Crippen LogP contribution < -0.4 is 20.1 Å². The summed E-state index contributed by atoms with van der Waals surface area (Å²) in [6, 6.07) is 14.6. The summed E-state index contributed by atoms with van der Waals surface area (Å²) >= 11 is 0. The number of anilines is 2. The van der Waals surface area contributed by atoms with E-state index in [4.69, 9.17) is 9.47 Å². The molecule has 2 amide bonds. The molecule has 4 heterocycles. The van der Waals surface area contributed by atoms with E-state index in [0.717, 1.165) is 37.1 Å². The number of nitrogens with zero attached hydrogens (tertiary/aromatic N) is 6. The van der Waals surface area contributed by atoms with Crippen molar-refractivity contribution >= 4 is 23.5 Å². The molecule has 1 saturated carbocycles. The van der Waals surface area contributed by atoms with E-state index in [-0.39, 0.29) is 36.5 Å². The molecule has 4 aromatic rings. The van der Waals surface area contributed by atoms with Crippen LogP contribution in [0.15, 0.2) is 60.9 Å². The van der Waals surface area contributed by atoms with Crippen LogP contribution in [-0.2, 0) is 22.4 Å². The van der Waals surface area contributed by atoms with E-state index < -0.39 is 0 Å². The van der Waals surface area contributed by atoms with Gasteiger partial charge in [0.05, 0.1) is 49.8 Å². The van der Waals surface area contributed by atoms with Gasteiger partial charge in [-0.05, 0) is 81.6 Å². The number of hydrogen-bond acceptors (Lipinski definition) is 10. The van der Waals surface area contributed by atoms with Crippen LogP contribution >= 0.6 is 0 Å². The van der Waals surface area contributed by atoms with Gasteiger partial charge in [0.2, 0.25) is 11.8 Å². The first kappa shape index (κ1) is 30.5. The summed E-state index contributed by atoms with van der Waals surface area (Å²) in [6.07, 6.45) is 7.38. The Kier molecular flexibility index (Phi) is 10.3. The summed E-state index contributed by atoms with van der Waals surface area (Å²) in [5.74, 6) is 2.16. The first-order valence-electron chi connectivity index (χ1n) is 14.9. The van der Waals surface area contributed by atoms with Crippen LogP contribution in [0, 0.1) is 0 Å². The molecule has 0 spiro atoms. The number of aromatic nitrogens is 6. The number of ether oxygens (including phenoxy) is 2. The number of nitrogens with one attached hydrogen (secondary N) is 2. The summed E-state index contributed by atoms with van der Waals surface area (Å²) < 4.78 is 10.8. The fourth-order valence-electron chi connectivity index (χ4n) is 5.22. The van der Waals surface area contributed by atoms with Crippen LogP contribution in [-0.4, -0.2) is 55.4 Å². The highest BCUT2D eigenvalue weighted by atomic mass is 16.5. The third-order valence-corrected chi connectivity index (χ3v) is 7.32. The molecule has 228 valence electrons. The summed E-state index contributed by atoms with van der Waals surface area (Å²) in [4.78, 5) is 33.5. The predicted octanol–water partition coefficient (Wildman–Crippen LogP) is 4.66. The van der Waals surface area contributed by atoms with E-state index in [1.165, 1.54) is 0 Å². The molecule has 44 heavy (non-hydrogen) atoms. The van der Waals surface area contributed by atoms with Crippen molar-refractivity contribution in [2.24, 2.45) is 0 Å². The Hall–Kier alpha value is -5.00. The lowest BCUT2D eigenvalue weighted by atomic mass is 9.78. The molecule has 5 rings (SSSR count). The van der Waals surface area contributed by atoms with E-state index in [1.54, 1.807) is 48.8 Å². The van der Waals surface area contributed by atoms with Gasteiger partial charge in [-0.15, -0.1) is 10.2 Å². The molecule has 1 fully saturated rings. The van der Waals surface area contributed by atoms with Crippen molar-refractivity contribution in [3.8, 4) is 11.5 Å². The molecule has 0 radical (unpaired) electrons. The molecule has 2 N–H and O–H groups in total. The van der Waals surface area contributed by atoms with Crippen molar-refractivity contribution in [3.05, 3.63) is 83.7 Å². The Morgan fingerprint density at radius 3 is 1.52 bits per heavy atom. The van der Waals surface area contributed by atoms with Crippen LogP contribution in [0.4, 0.5) is 11.6 Å². The SMILES string of the molecule is CCOc1ccc(CC(=O)Nc2ccc([C@H]3CCC[C@H](c4ccc(NC(=O)Cc5ccc(OCC)cn5)nn4)C3)nn2)nc1. The zero-order valence-electron chi connectivity index (χ0n) is 24.9. The average molecular weight is 597 g/mol. The van der Waals surface area contributed by atoms with Gasteiger partial charge >= 0.3 is 0 Å². The molecular formula is C32H36N8O4. The van der Waals surface area contributed by atoms with E-state index in [2.05, 4.69) is 41.0 Å². The molecule has 0 saturated heterocycles. The maximum Gasteiger partial charge on any atom is 0.231 e. The maximum absolute atomic E-state index is 12.5. The lowest BCUT2D eigenvalue weighted by molar-refractivity contribution is -0.116. The van der Waals surface area contributed by atoms with Crippen LogP contribution in [0.2, 0.25) is 0 Å². The number of carbonyl (C=O) groups is 2. The van der Waals surface area contributed by atoms with Crippen LogP contribution in [0.3, 0.4) is 0 Å². The van der Waals surface area contributed by atoms with Gasteiger partial charge < -0.3 is 20.1 Å². The van der Waals surface area contributed by atoms with Crippen LogP contribution in [0.1, 0.15) is 74.1 Å². The van der Waals surface area contributed by atoms with Gasteiger partial charge in [-0.2, -0.15) is 10.2 Å². The molecule has 0 aliphatic heterocycles. The lowest BCUT2D eigenvalue weighted by Gasteiger charge is -2.28. The normalized spacial score (nSPS) is 16.1. The minimum Gasteiger partial charge on any atom is -0.492 e. The van der Waals surface area contributed by atoms with Gasteiger partial charge in [0.25, 0.3) is 0 Å². The van der Waals surface area contributed by atoms with Gasteiger partial charge in [-0.1, -0.05) is 6.42 Å². The maximum atomic E-state index is 12.5. The number of hydrogen-bond donors (Lipinski definition) is 2. The predicted molar refractivity (Wildman–Crippen MR) is 163 cm³/mol. The molecule has 12 heteroatoms. The van der Waals surface area contributed by atoms with Crippen molar-refractivity contribution in [2.45, 2.75) is 64.2 Å². The molecule has 0 bridgehead atoms. The molecule has 2 atom stereocenters. The second-order valence-corrected chi connectivity index (χ2v) is 10.5. The summed E-state index contributed by atoms with van der Waals surface area (Å²) in [5.41, 5.74) is 3.06. The van der Waals surface area contributed by atoms with Crippen molar-refractivity contribution < 1.29 is 19.1 Å². The molecule has 1 aliphatic carbocycles. The fraction of sp³-hybridized carbons (Fsp3) is 0.375. The Morgan fingerprint density at radius 2 is 1.16 bits per heavy atom. The smallest absolute Gasteiger partial charge is 0.231 e. The third-order valence-electron chi connectivity index (χ3n) is 7.32. The first-order chi connectivity index (χ1) is 21.5. The molecule has 12 nitrogen and oxygen atoms in total. The highest BCUT2D eigenvalue weighted by Gasteiger charge is 2.27. The van der Waals surface area contributed by atoms with Crippen LogP contribution in [0.5, 0.6) is 11.5 Å². The zero-order valence-corrected chi connectivity index (χ0v) is 24.9. The number of carbonyl (C=O) groups excluding carboxylic acids is 2. The zero-order chi connectivity index (χ0) is 30.7. The molecular weight excluding hydrogens is 560 g/mol. The molecule has 0 aromatic carbocycles. The van der Waals surface area contributed by atoms with E-state index in [0.29, 0.717) is 47.7 Å². The Balaban J connectivity index is 1.10. The van der Waals surface area contributed by atoms with Crippen molar-refractivity contribution in [3.63, 3.8) is 0 Å². The van der Waals surface area contributed by atoms with Gasteiger partial charge in [0.15, 0.2) is 11.6 Å². The molecule has 4 aromatic heterocycles. The Bertz CT molecular complexity index is 1400. The minimum atomic E-state index is -0.215. The van der Waals surface area contributed by atoms with Gasteiger partial charge in [0, 0.05) is 23.2 Å². The number of rotatable bonds is 12. The monoisotopic (exact) mass is 596 g/mol. The second-order valence-electron chi connectivity index (χ2n) is 10.5. The quantitative estimate of drug-likeness (QED) is 0.236. The Labute approximate surface area is 256 Å². The summed E-state index contributed by atoms with van der Waals surface area (Å²) in [5, 5.41) is 22.9. The summed E-state index contributed by atoms with van der Waals surface area (Å²) in [6.45, 7) is 4.93. The molecule has 0 unspecified atom stereocenters. The van der Waals surface area contributed by atoms with Gasteiger partial charge in [-0.3, -0.25) is 19.6 Å². The standard InChI is InChI=1S/C32H36N8O4/c1-3-43-25-10-8-23(33-19-25)17-31(41)35-29-14-12-27(37-39-29)21-6-5-7-22(16-21)28-13-15-30(40-38-28)36-32(42)18-24-9-11-26(20-34-24)44-4-2/h8-15,19-22H,3-7,16-18H2,1-2H3,(H,35,39,41)(H,36,40,42)/t21-,22-/m0/s1. The van der Waals surface area contributed by atoms with E-state index >= 15 is 0 Å². The minimum absolute atomic E-state index is 0.129. The lowest BCUT2D eigenvalue weighted by Crippen LogP contribution is -2.19. The third kappa shape index (κ3) is 8.52. The highest BCUT2D eigenvalue weighted by molar-refractivity contribution is 5.91. The van der Waals surface area contributed by atoms with Crippen molar-refractivity contribution in [2.75, 3.05) is 23.8 Å². The largest absolute Gasteiger partial charge is 0.492 e. The Morgan fingerprint density at radius 1 is 0.682 bits per heavy atom. The number of amides is 2.